The number of rotatable bonds is 6. The fraction of sp³-hybridized carbons (Fsp3) is 0.762. The molecule has 2 aliphatic carbocycles. The van der Waals surface area contributed by atoms with E-state index in [2.05, 4.69) is 6.92 Å². The summed E-state index contributed by atoms with van der Waals surface area (Å²) in [4.78, 5) is 36.8. The molecular formula is C21H30O6. The molecule has 0 aromatic carbocycles. The van der Waals surface area contributed by atoms with Crippen LogP contribution in [-0.2, 0) is 23.9 Å². The molecule has 1 aliphatic heterocycles. The number of ketones is 1. The van der Waals surface area contributed by atoms with Gasteiger partial charge in [-0.05, 0) is 42.9 Å². The summed E-state index contributed by atoms with van der Waals surface area (Å²) in [5.74, 6) is -0.561. The van der Waals surface area contributed by atoms with Crippen LogP contribution in [0.1, 0.15) is 52.4 Å². The second-order valence-corrected chi connectivity index (χ2v) is 8.72. The number of Topliss-reactive ketones (excluding diaryl/α,β-unsaturated/α-hetero) is 1. The second-order valence-electron chi connectivity index (χ2n) is 8.72. The van der Waals surface area contributed by atoms with Crippen LogP contribution in [-0.4, -0.2) is 43.2 Å². The van der Waals surface area contributed by atoms with Gasteiger partial charge in [-0.1, -0.05) is 19.9 Å². The molecule has 0 bridgehead atoms. The molecule has 0 unspecified atom stereocenters. The molecule has 150 valence electrons. The SMILES string of the molecule is COC(=O)C[C@H](CO)CC[C@@]1(C)[C@H](C)C(=O)C[C@@]23COC(=O)C2=CCC[C@@H]31. The topological polar surface area (TPSA) is 89.9 Å². The molecule has 1 saturated heterocycles. The number of ether oxygens (including phenoxy) is 2. The van der Waals surface area contributed by atoms with E-state index in [1.165, 1.54) is 7.11 Å². The molecule has 6 nitrogen and oxygen atoms in total. The Morgan fingerprint density at radius 1 is 1.44 bits per heavy atom. The monoisotopic (exact) mass is 378 g/mol. The lowest BCUT2D eigenvalue weighted by atomic mass is 9.46. The van der Waals surface area contributed by atoms with Gasteiger partial charge in [-0.2, -0.15) is 0 Å². The van der Waals surface area contributed by atoms with Crippen LogP contribution in [0.3, 0.4) is 0 Å². The Hall–Kier alpha value is -1.69. The highest BCUT2D eigenvalue weighted by Gasteiger charge is 2.63. The summed E-state index contributed by atoms with van der Waals surface area (Å²) in [6.07, 6.45) is 5.61. The number of aliphatic hydroxyl groups excluding tert-OH is 1. The summed E-state index contributed by atoms with van der Waals surface area (Å²) < 4.78 is 10.1. The van der Waals surface area contributed by atoms with Gasteiger partial charge in [0, 0.05) is 29.9 Å². The summed E-state index contributed by atoms with van der Waals surface area (Å²) >= 11 is 0. The quantitative estimate of drug-likeness (QED) is 0.714. The number of allylic oxidation sites excluding steroid dienone is 1. The molecule has 1 saturated carbocycles. The van der Waals surface area contributed by atoms with Crippen molar-refractivity contribution in [1.82, 2.24) is 0 Å². The highest BCUT2D eigenvalue weighted by Crippen LogP contribution is 2.63. The van der Waals surface area contributed by atoms with Crippen molar-refractivity contribution in [2.45, 2.75) is 52.4 Å². The van der Waals surface area contributed by atoms with Crippen LogP contribution in [0.15, 0.2) is 11.6 Å². The zero-order valence-electron chi connectivity index (χ0n) is 16.5. The number of cyclic esters (lactones) is 1. The Bertz CT molecular complexity index is 668. The molecule has 0 radical (unpaired) electrons. The number of esters is 2. The Labute approximate surface area is 160 Å². The minimum Gasteiger partial charge on any atom is -0.469 e. The number of hydrogen-bond acceptors (Lipinski definition) is 6. The van der Waals surface area contributed by atoms with Crippen molar-refractivity contribution in [3.63, 3.8) is 0 Å². The van der Waals surface area contributed by atoms with Crippen LogP contribution in [0.5, 0.6) is 0 Å². The van der Waals surface area contributed by atoms with Crippen LogP contribution in [0.4, 0.5) is 0 Å². The van der Waals surface area contributed by atoms with Gasteiger partial charge in [-0.15, -0.1) is 0 Å². The second kappa shape index (κ2) is 7.38. The first-order valence-electron chi connectivity index (χ1n) is 9.86. The zero-order chi connectivity index (χ0) is 19.8. The maximum atomic E-state index is 12.9. The molecule has 1 N–H and O–H groups in total. The van der Waals surface area contributed by atoms with E-state index in [9.17, 15) is 19.5 Å². The zero-order valence-corrected chi connectivity index (χ0v) is 16.5. The summed E-state index contributed by atoms with van der Waals surface area (Å²) in [6.45, 7) is 4.33. The first kappa shape index (κ1) is 20.1. The van der Waals surface area contributed by atoms with Crippen LogP contribution >= 0.6 is 0 Å². The fourth-order valence-electron chi connectivity index (χ4n) is 5.65. The van der Waals surface area contributed by atoms with Gasteiger partial charge < -0.3 is 14.6 Å². The van der Waals surface area contributed by atoms with Gasteiger partial charge in [0.25, 0.3) is 0 Å². The van der Waals surface area contributed by atoms with Gasteiger partial charge >= 0.3 is 11.9 Å². The lowest BCUT2D eigenvalue weighted by molar-refractivity contribution is -0.147. The third-order valence-corrected chi connectivity index (χ3v) is 7.48. The third kappa shape index (κ3) is 3.22. The van der Waals surface area contributed by atoms with Crippen molar-refractivity contribution >= 4 is 17.7 Å². The molecule has 1 heterocycles. The number of hydrogen-bond donors (Lipinski definition) is 1. The van der Waals surface area contributed by atoms with Crippen LogP contribution in [0.25, 0.3) is 0 Å². The van der Waals surface area contributed by atoms with Crippen molar-refractivity contribution in [1.29, 1.82) is 0 Å². The predicted octanol–water partition coefficient (Wildman–Crippen LogP) is 2.43. The van der Waals surface area contributed by atoms with E-state index in [-0.39, 0.29) is 53.9 Å². The first-order valence-corrected chi connectivity index (χ1v) is 9.86. The standard InChI is InChI=1S/C21H30O6/c1-13-16(23)10-21-12-27-19(25)15(21)5-4-6-17(21)20(13,2)8-7-14(11-22)9-18(24)26-3/h5,13-14,17,22H,4,6-12H2,1-3H3/t13-,14-,17-,20+,21-/m1/s1. The number of methoxy groups -OCH3 is 1. The number of carbonyl (C=O) groups is 3. The molecule has 0 amide bonds. The van der Waals surface area contributed by atoms with E-state index in [0.29, 0.717) is 25.0 Å². The number of carbonyl (C=O) groups excluding carboxylic acids is 3. The lowest BCUT2D eigenvalue weighted by Crippen LogP contribution is -2.55. The van der Waals surface area contributed by atoms with Crippen molar-refractivity contribution in [2.24, 2.45) is 28.6 Å². The maximum absolute atomic E-state index is 12.9. The summed E-state index contributed by atoms with van der Waals surface area (Å²) in [7, 11) is 1.34. The van der Waals surface area contributed by atoms with E-state index >= 15 is 0 Å². The smallest absolute Gasteiger partial charge is 0.334 e. The van der Waals surface area contributed by atoms with Gasteiger partial charge in [-0.3, -0.25) is 9.59 Å². The van der Waals surface area contributed by atoms with E-state index in [1.807, 2.05) is 13.0 Å². The van der Waals surface area contributed by atoms with Crippen molar-refractivity contribution in [2.75, 3.05) is 20.3 Å². The third-order valence-electron chi connectivity index (χ3n) is 7.48. The maximum Gasteiger partial charge on any atom is 0.334 e. The highest BCUT2D eigenvalue weighted by molar-refractivity contribution is 5.95. The van der Waals surface area contributed by atoms with E-state index in [4.69, 9.17) is 9.47 Å². The minimum atomic E-state index is -0.495. The highest BCUT2D eigenvalue weighted by atomic mass is 16.5. The molecule has 3 rings (SSSR count). The van der Waals surface area contributed by atoms with Gasteiger partial charge in [0.2, 0.25) is 0 Å². The van der Waals surface area contributed by atoms with E-state index in [0.717, 1.165) is 19.3 Å². The summed E-state index contributed by atoms with van der Waals surface area (Å²) in [6, 6.07) is 0. The molecule has 5 atom stereocenters. The fourth-order valence-corrected chi connectivity index (χ4v) is 5.65. The molecule has 0 aromatic heterocycles. The van der Waals surface area contributed by atoms with E-state index < -0.39 is 5.41 Å². The van der Waals surface area contributed by atoms with Crippen LogP contribution < -0.4 is 0 Å². The molecule has 1 spiro atoms. The summed E-state index contributed by atoms with van der Waals surface area (Å²) in [5.41, 5.74) is -0.101. The normalized spacial score (nSPS) is 36.4. The van der Waals surface area contributed by atoms with Gasteiger partial charge in [-0.25, -0.2) is 4.79 Å². The average Bonchev–Trinajstić information content (AvgIpc) is 2.99. The molecule has 27 heavy (non-hydrogen) atoms. The van der Waals surface area contributed by atoms with Gasteiger partial charge in [0.15, 0.2) is 0 Å². The minimum absolute atomic E-state index is 0.0872. The number of aliphatic hydroxyl groups is 1. The molecule has 0 aromatic rings. The first-order chi connectivity index (χ1) is 12.8. The van der Waals surface area contributed by atoms with Crippen LogP contribution in [0, 0.1) is 28.6 Å². The van der Waals surface area contributed by atoms with Gasteiger partial charge in [0.1, 0.15) is 12.4 Å². The van der Waals surface area contributed by atoms with Crippen molar-refractivity contribution in [3.8, 4) is 0 Å². The van der Waals surface area contributed by atoms with Crippen molar-refractivity contribution in [3.05, 3.63) is 11.6 Å². The molecule has 2 fully saturated rings. The Morgan fingerprint density at radius 2 is 2.19 bits per heavy atom. The largest absolute Gasteiger partial charge is 0.469 e. The molecule has 6 heteroatoms. The van der Waals surface area contributed by atoms with E-state index in [1.54, 1.807) is 0 Å². The van der Waals surface area contributed by atoms with Gasteiger partial charge in [0.05, 0.1) is 13.5 Å². The summed E-state index contributed by atoms with van der Waals surface area (Å²) in [5, 5.41) is 9.67. The van der Waals surface area contributed by atoms with Crippen LogP contribution in [0.2, 0.25) is 0 Å². The lowest BCUT2D eigenvalue weighted by Gasteiger charge is -2.55. The average molecular weight is 378 g/mol. The molecule has 3 aliphatic rings. The Kier molecular flexibility index (Phi) is 5.48. The Morgan fingerprint density at radius 3 is 2.85 bits per heavy atom. The predicted molar refractivity (Wildman–Crippen MR) is 97.5 cm³/mol. The Balaban J connectivity index is 1.86. The van der Waals surface area contributed by atoms with Crippen molar-refractivity contribution < 1.29 is 29.0 Å². The molecular weight excluding hydrogens is 348 g/mol.